The van der Waals surface area contributed by atoms with E-state index in [1.165, 1.54) is 23.1 Å². The average molecular weight is 336 g/mol. The molecule has 3 aromatic rings. The topological polar surface area (TPSA) is 77.6 Å². The lowest BCUT2D eigenvalue weighted by atomic mass is 10.2. The Morgan fingerprint density at radius 2 is 2.08 bits per heavy atom. The molecule has 0 aliphatic carbocycles. The number of amides is 1. The zero-order valence-electron chi connectivity index (χ0n) is 12.1. The van der Waals surface area contributed by atoms with Gasteiger partial charge in [0.2, 0.25) is 5.95 Å². The van der Waals surface area contributed by atoms with Gasteiger partial charge in [-0.3, -0.25) is 10.1 Å². The van der Waals surface area contributed by atoms with E-state index >= 15 is 0 Å². The Hall–Kier alpha value is -3.17. The van der Waals surface area contributed by atoms with Crippen molar-refractivity contribution in [1.29, 1.82) is 0 Å². The molecule has 0 spiro atoms. The second-order valence-electron chi connectivity index (χ2n) is 4.81. The van der Waals surface area contributed by atoms with Crippen molar-refractivity contribution in [3.05, 3.63) is 59.9 Å². The number of halogens is 3. The second kappa shape index (κ2) is 6.52. The molecule has 2 heterocycles. The molecule has 1 aromatic carbocycles. The minimum atomic E-state index is -2.82. The van der Waals surface area contributed by atoms with Crippen LogP contribution in [0.25, 0.3) is 0 Å². The largest absolute Gasteiger partial charge is 0.333 e. The number of carbonyl (C=O) groups excluding carboxylic acids is 1. The number of hydrogen-bond donors (Lipinski definition) is 1. The Balaban J connectivity index is 1.66. The third-order valence-corrected chi connectivity index (χ3v) is 3.04. The molecule has 0 radical (unpaired) electrons. The van der Waals surface area contributed by atoms with Crippen LogP contribution in [0, 0.1) is 5.82 Å². The summed E-state index contributed by atoms with van der Waals surface area (Å²) in [6.45, 7) is -2.56. The predicted octanol–water partition coefficient (Wildman–Crippen LogP) is 2.31. The van der Waals surface area contributed by atoms with Crippen molar-refractivity contribution in [2.45, 2.75) is 13.1 Å². The van der Waals surface area contributed by atoms with E-state index in [0.29, 0.717) is 10.2 Å². The summed E-state index contributed by atoms with van der Waals surface area (Å²) in [7, 11) is 0. The molecule has 0 aliphatic rings. The minimum Gasteiger partial charge on any atom is -0.288 e. The normalized spacial score (nSPS) is 11.0. The van der Waals surface area contributed by atoms with Crippen molar-refractivity contribution in [2.24, 2.45) is 0 Å². The molecule has 7 nitrogen and oxygen atoms in total. The van der Waals surface area contributed by atoms with Crippen LogP contribution in [0.1, 0.15) is 22.6 Å². The molecule has 2 aromatic heterocycles. The number of hydrogen-bond acceptors (Lipinski definition) is 4. The molecule has 0 saturated heterocycles. The van der Waals surface area contributed by atoms with Gasteiger partial charge in [-0.25, -0.2) is 18.7 Å². The number of carbonyl (C=O) groups is 1. The van der Waals surface area contributed by atoms with Gasteiger partial charge in [-0.2, -0.15) is 13.9 Å². The monoisotopic (exact) mass is 336 g/mol. The van der Waals surface area contributed by atoms with Crippen LogP contribution in [0.4, 0.5) is 19.1 Å². The minimum absolute atomic E-state index is 0.0111. The standard InChI is InChI=1S/C14H11F3N6O/c15-10-3-1-2-9(6-10)7-22-8-18-14(21-22)19-12(24)11-4-5-23(20-11)13(16)17/h1-6,8,13H,7H2,(H,19,21,24). The smallest absolute Gasteiger partial charge is 0.288 e. The van der Waals surface area contributed by atoms with Gasteiger partial charge in [-0.05, 0) is 23.8 Å². The van der Waals surface area contributed by atoms with Crippen LogP contribution in [0.5, 0.6) is 0 Å². The Bertz CT molecular complexity index is 860. The van der Waals surface area contributed by atoms with E-state index in [1.54, 1.807) is 12.1 Å². The van der Waals surface area contributed by atoms with E-state index in [1.807, 2.05) is 0 Å². The lowest BCUT2D eigenvalue weighted by Crippen LogP contribution is -2.15. The zero-order chi connectivity index (χ0) is 17.1. The average Bonchev–Trinajstić information content (AvgIpc) is 3.17. The van der Waals surface area contributed by atoms with Gasteiger partial charge in [-0.1, -0.05) is 12.1 Å². The first-order valence-corrected chi connectivity index (χ1v) is 6.80. The Morgan fingerprint density at radius 3 is 2.79 bits per heavy atom. The quantitative estimate of drug-likeness (QED) is 0.776. The third-order valence-electron chi connectivity index (χ3n) is 3.04. The van der Waals surface area contributed by atoms with Gasteiger partial charge < -0.3 is 0 Å². The predicted molar refractivity (Wildman–Crippen MR) is 77.0 cm³/mol. The van der Waals surface area contributed by atoms with E-state index in [-0.39, 0.29) is 24.0 Å². The van der Waals surface area contributed by atoms with Crippen LogP contribution in [0.3, 0.4) is 0 Å². The number of alkyl halides is 2. The highest BCUT2D eigenvalue weighted by atomic mass is 19.3. The van der Waals surface area contributed by atoms with E-state index in [9.17, 15) is 18.0 Å². The summed E-state index contributed by atoms with van der Waals surface area (Å²) in [5, 5.41) is 9.80. The van der Waals surface area contributed by atoms with Gasteiger partial charge in [-0.15, -0.1) is 5.10 Å². The fourth-order valence-electron chi connectivity index (χ4n) is 1.98. The summed E-state index contributed by atoms with van der Waals surface area (Å²) in [4.78, 5) is 15.8. The van der Waals surface area contributed by atoms with Crippen LogP contribution >= 0.6 is 0 Å². The Labute approximate surface area is 133 Å². The number of anilines is 1. The molecule has 1 amide bonds. The molecule has 10 heteroatoms. The van der Waals surface area contributed by atoms with Crippen LogP contribution < -0.4 is 5.32 Å². The molecule has 0 saturated carbocycles. The molecule has 24 heavy (non-hydrogen) atoms. The summed E-state index contributed by atoms with van der Waals surface area (Å²) in [6.07, 6.45) is 2.35. The summed E-state index contributed by atoms with van der Waals surface area (Å²) in [5.41, 5.74) is 0.491. The first kappa shape index (κ1) is 15.7. The summed E-state index contributed by atoms with van der Waals surface area (Å²) in [5.74, 6) is -1.09. The molecular weight excluding hydrogens is 325 g/mol. The maximum Gasteiger partial charge on any atom is 0.333 e. The van der Waals surface area contributed by atoms with Gasteiger partial charge in [0.25, 0.3) is 5.91 Å². The molecule has 0 bridgehead atoms. The van der Waals surface area contributed by atoms with E-state index in [2.05, 4.69) is 20.5 Å². The lowest BCUT2D eigenvalue weighted by Gasteiger charge is -2.01. The molecule has 0 fully saturated rings. The molecular formula is C14H11F3N6O. The number of rotatable bonds is 5. The highest BCUT2D eigenvalue weighted by molar-refractivity contribution is 6.01. The van der Waals surface area contributed by atoms with E-state index in [0.717, 1.165) is 12.3 Å². The van der Waals surface area contributed by atoms with Gasteiger partial charge in [0.05, 0.1) is 6.54 Å². The first-order valence-electron chi connectivity index (χ1n) is 6.80. The maximum atomic E-state index is 13.1. The Kier molecular flexibility index (Phi) is 4.27. The van der Waals surface area contributed by atoms with Crippen molar-refractivity contribution < 1.29 is 18.0 Å². The van der Waals surface area contributed by atoms with Crippen LogP contribution in [0.15, 0.2) is 42.9 Å². The summed E-state index contributed by atoms with van der Waals surface area (Å²) < 4.78 is 39.7. The van der Waals surface area contributed by atoms with E-state index < -0.39 is 12.5 Å². The van der Waals surface area contributed by atoms with E-state index in [4.69, 9.17) is 0 Å². The van der Waals surface area contributed by atoms with Crippen LogP contribution in [0.2, 0.25) is 0 Å². The summed E-state index contributed by atoms with van der Waals surface area (Å²) in [6, 6.07) is 7.14. The van der Waals surface area contributed by atoms with Gasteiger partial charge >= 0.3 is 6.55 Å². The third kappa shape index (κ3) is 3.59. The number of nitrogens with one attached hydrogen (secondary N) is 1. The fourth-order valence-corrected chi connectivity index (χ4v) is 1.98. The number of nitrogens with zero attached hydrogens (tertiary/aromatic N) is 5. The SMILES string of the molecule is O=C(Nc1ncn(Cc2cccc(F)c2)n1)c1ccn(C(F)F)n1. The van der Waals surface area contributed by atoms with Crippen molar-refractivity contribution in [3.8, 4) is 0 Å². The number of aromatic nitrogens is 5. The highest BCUT2D eigenvalue weighted by Crippen LogP contribution is 2.10. The number of benzene rings is 1. The fraction of sp³-hybridized carbons (Fsp3) is 0.143. The maximum absolute atomic E-state index is 13.1. The van der Waals surface area contributed by atoms with Crippen molar-refractivity contribution >= 4 is 11.9 Å². The van der Waals surface area contributed by atoms with Crippen molar-refractivity contribution in [1.82, 2.24) is 24.5 Å². The van der Waals surface area contributed by atoms with Crippen molar-refractivity contribution in [2.75, 3.05) is 5.32 Å². The van der Waals surface area contributed by atoms with Crippen LogP contribution in [-0.4, -0.2) is 30.5 Å². The second-order valence-corrected chi connectivity index (χ2v) is 4.81. The molecule has 0 atom stereocenters. The zero-order valence-corrected chi connectivity index (χ0v) is 12.1. The van der Waals surface area contributed by atoms with Crippen LogP contribution in [-0.2, 0) is 6.54 Å². The molecule has 1 N–H and O–H groups in total. The van der Waals surface area contributed by atoms with Gasteiger partial charge in [0, 0.05) is 6.20 Å². The first-order chi connectivity index (χ1) is 11.5. The van der Waals surface area contributed by atoms with Crippen molar-refractivity contribution in [3.63, 3.8) is 0 Å². The lowest BCUT2D eigenvalue weighted by molar-refractivity contribution is 0.0561. The molecule has 124 valence electrons. The Morgan fingerprint density at radius 1 is 1.25 bits per heavy atom. The molecule has 0 unspecified atom stereocenters. The summed E-state index contributed by atoms with van der Waals surface area (Å²) >= 11 is 0. The molecule has 0 aliphatic heterocycles. The van der Waals surface area contributed by atoms with Gasteiger partial charge in [0.15, 0.2) is 5.69 Å². The van der Waals surface area contributed by atoms with Gasteiger partial charge in [0.1, 0.15) is 12.1 Å². The highest BCUT2D eigenvalue weighted by Gasteiger charge is 2.15. The molecule has 3 rings (SSSR count).